The highest BCUT2D eigenvalue weighted by molar-refractivity contribution is 6.30. The molecule has 1 unspecified atom stereocenters. The third-order valence-corrected chi connectivity index (χ3v) is 5.21. The molecule has 1 atom stereocenters. The molecule has 116 valence electrons. The van der Waals surface area contributed by atoms with E-state index in [-0.39, 0.29) is 0 Å². The van der Waals surface area contributed by atoms with Crippen molar-refractivity contribution in [3.63, 3.8) is 0 Å². The second-order valence-electron chi connectivity index (χ2n) is 6.62. The first-order chi connectivity index (χ1) is 10.3. The van der Waals surface area contributed by atoms with Gasteiger partial charge in [-0.2, -0.15) is 0 Å². The quantitative estimate of drug-likeness (QED) is 0.854. The van der Waals surface area contributed by atoms with Crippen molar-refractivity contribution in [2.75, 3.05) is 18.0 Å². The van der Waals surface area contributed by atoms with Crippen molar-refractivity contribution < 1.29 is 0 Å². The molecule has 1 aliphatic carbocycles. The van der Waals surface area contributed by atoms with Crippen LogP contribution in [0.25, 0.3) is 0 Å². The first-order valence-corrected chi connectivity index (χ1v) is 8.91. The maximum absolute atomic E-state index is 6.26. The van der Waals surface area contributed by atoms with Crippen LogP contribution in [-0.4, -0.2) is 19.1 Å². The van der Waals surface area contributed by atoms with Crippen LogP contribution in [0.1, 0.15) is 51.0 Å². The summed E-state index contributed by atoms with van der Waals surface area (Å²) in [5, 5.41) is 4.50. The Hall–Kier alpha value is -0.730. The van der Waals surface area contributed by atoms with Gasteiger partial charge >= 0.3 is 0 Å². The van der Waals surface area contributed by atoms with Crippen LogP contribution < -0.4 is 10.2 Å². The lowest BCUT2D eigenvalue weighted by Crippen LogP contribution is -2.27. The van der Waals surface area contributed by atoms with E-state index in [1.807, 2.05) is 6.07 Å². The molecule has 0 amide bonds. The summed E-state index contributed by atoms with van der Waals surface area (Å²) in [6, 6.07) is 7.15. The number of benzene rings is 1. The van der Waals surface area contributed by atoms with Crippen molar-refractivity contribution in [3.8, 4) is 0 Å². The predicted molar refractivity (Wildman–Crippen MR) is 91.2 cm³/mol. The summed E-state index contributed by atoms with van der Waals surface area (Å²) in [6.07, 6.45) is 8.00. The lowest BCUT2D eigenvalue weighted by atomic mass is 9.98. The molecular weight excluding hydrogens is 280 g/mol. The standard InChI is InChI=1S/C18H27ClN2/c1-2-14-4-3-10-21(11-9-14)18-12-16(19)6-5-15(18)13-20-17-7-8-17/h5-6,12,14,17,20H,2-4,7-11,13H2,1H3. The fourth-order valence-corrected chi connectivity index (χ4v) is 3.50. The Kier molecular flexibility index (Phi) is 5.07. The Morgan fingerprint density at radius 3 is 2.81 bits per heavy atom. The highest BCUT2D eigenvalue weighted by Gasteiger charge is 2.22. The average Bonchev–Trinajstić information content (AvgIpc) is 3.32. The average molecular weight is 307 g/mol. The minimum atomic E-state index is 0.752. The van der Waals surface area contributed by atoms with Gasteiger partial charge in [0.15, 0.2) is 0 Å². The Bertz CT molecular complexity index is 470. The normalized spacial score (nSPS) is 23.1. The van der Waals surface area contributed by atoms with Gasteiger partial charge in [0.2, 0.25) is 0 Å². The number of hydrogen-bond acceptors (Lipinski definition) is 2. The summed E-state index contributed by atoms with van der Waals surface area (Å²) in [4.78, 5) is 2.56. The molecule has 0 radical (unpaired) electrons. The molecule has 2 nitrogen and oxygen atoms in total. The third kappa shape index (κ3) is 4.14. The molecule has 2 aliphatic rings. The zero-order valence-electron chi connectivity index (χ0n) is 13.1. The maximum Gasteiger partial charge on any atom is 0.0426 e. The number of nitrogens with one attached hydrogen (secondary N) is 1. The van der Waals surface area contributed by atoms with Crippen molar-refractivity contribution in [1.82, 2.24) is 5.32 Å². The number of hydrogen-bond donors (Lipinski definition) is 1. The molecule has 1 saturated heterocycles. The van der Waals surface area contributed by atoms with Crippen LogP contribution in [0.5, 0.6) is 0 Å². The topological polar surface area (TPSA) is 15.3 Å². The SMILES string of the molecule is CCC1CCCN(c2cc(Cl)ccc2CNC2CC2)CC1. The molecule has 1 saturated carbocycles. The van der Waals surface area contributed by atoms with Crippen LogP contribution >= 0.6 is 11.6 Å². The van der Waals surface area contributed by atoms with E-state index in [2.05, 4.69) is 29.3 Å². The highest BCUT2D eigenvalue weighted by Crippen LogP contribution is 2.30. The molecule has 2 fully saturated rings. The van der Waals surface area contributed by atoms with Crippen molar-refractivity contribution in [2.24, 2.45) is 5.92 Å². The molecule has 1 aromatic carbocycles. The van der Waals surface area contributed by atoms with Gasteiger partial charge in [0.05, 0.1) is 0 Å². The zero-order valence-corrected chi connectivity index (χ0v) is 13.8. The second-order valence-corrected chi connectivity index (χ2v) is 7.06. The predicted octanol–water partition coefficient (Wildman–Crippen LogP) is 4.61. The van der Waals surface area contributed by atoms with Crippen molar-refractivity contribution in [2.45, 2.75) is 58.0 Å². The summed E-state index contributed by atoms with van der Waals surface area (Å²) < 4.78 is 0. The van der Waals surface area contributed by atoms with Gasteiger partial charge in [-0.25, -0.2) is 0 Å². The lowest BCUT2D eigenvalue weighted by Gasteiger charge is -2.26. The van der Waals surface area contributed by atoms with Crippen LogP contribution in [0, 0.1) is 5.92 Å². The fraction of sp³-hybridized carbons (Fsp3) is 0.667. The number of nitrogens with zero attached hydrogens (tertiary/aromatic N) is 1. The van der Waals surface area contributed by atoms with Crippen molar-refractivity contribution in [1.29, 1.82) is 0 Å². The first kappa shape index (κ1) is 15.2. The minimum Gasteiger partial charge on any atom is -0.371 e. The Morgan fingerprint density at radius 1 is 1.19 bits per heavy atom. The highest BCUT2D eigenvalue weighted by atomic mass is 35.5. The van der Waals surface area contributed by atoms with Crippen molar-refractivity contribution in [3.05, 3.63) is 28.8 Å². The number of rotatable bonds is 5. The van der Waals surface area contributed by atoms with Crippen LogP contribution in [0.15, 0.2) is 18.2 Å². The molecule has 1 heterocycles. The monoisotopic (exact) mass is 306 g/mol. The van der Waals surface area contributed by atoms with Gasteiger partial charge in [0, 0.05) is 36.4 Å². The Balaban J connectivity index is 1.73. The van der Waals surface area contributed by atoms with E-state index in [9.17, 15) is 0 Å². The van der Waals surface area contributed by atoms with Gasteiger partial charge in [0.1, 0.15) is 0 Å². The molecule has 3 heteroatoms. The van der Waals surface area contributed by atoms with Crippen LogP contribution in [0.3, 0.4) is 0 Å². The maximum atomic E-state index is 6.26. The van der Waals surface area contributed by atoms with E-state index in [0.29, 0.717) is 0 Å². The lowest BCUT2D eigenvalue weighted by molar-refractivity contribution is 0.459. The smallest absolute Gasteiger partial charge is 0.0426 e. The Labute approximate surface area is 133 Å². The van der Waals surface area contributed by atoms with Gasteiger partial charge in [0.25, 0.3) is 0 Å². The van der Waals surface area contributed by atoms with Crippen molar-refractivity contribution >= 4 is 17.3 Å². The first-order valence-electron chi connectivity index (χ1n) is 8.53. The van der Waals surface area contributed by atoms with E-state index in [4.69, 9.17) is 11.6 Å². The van der Waals surface area contributed by atoms with Gasteiger partial charge in [-0.1, -0.05) is 31.0 Å². The molecule has 21 heavy (non-hydrogen) atoms. The number of halogens is 1. The van der Waals surface area contributed by atoms with E-state index in [1.54, 1.807) is 0 Å². The summed E-state index contributed by atoms with van der Waals surface area (Å²) in [5.41, 5.74) is 2.76. The van der Waals surface area contributed by atoms with Crippen LogP contribution in [0.4, 0.5) is 5.69 Å². The number of anilines is 1. The van der Waals surface area contributed by atoms with Gasteiger partial charge in [-0.15, -0.1) is 0 Å². The summed E-state index contributed by atoms with van der Waals surface area (Å²) in [5.74, 6) is 0.905. The molecule has 1 aliphatic heterocycles. The zero-order chi connectivity index (χ0) is 14.7. The molecule has 1 aromatic rings. The van der Waals surface area contributed by atoms with E-state index >= 15 is 0 Å². The van der Waals surface area contributed by atoms with E-state index in [1.165, 1.54) is 62.9 Å². The molecular formula is C18H27ClN2. The Morgan fingerprint density at radius 2 is 2.05 bits per heavy atom. The molecule has 3 rings (SSSR count). The molecule has 1 N–H and O–H groups in total. The fourth-order valence-electron chi connectivity index (χ4n) is 3.34. The van der Waals surface area contributed by atoms with Crippen LogP contribution in [0.2, 0.25) is 5.02 Å². The minimum absolute atomic E-state index is 0.752. The second kappa shape index (κ2) is 7.02. The summed E-state index contributed by atoms with van der Waals surface area (Å²) >= 11 is 6.26. The van der Waals surface area contributed by atoms with Crippen LogP contribution in [-0.2, 0) is 6.54 Å². The van der Waals surface area contributed by atoms with Gasteiger partial charge in [-0.05, 0) is 55.7 Å². The van der Waals surface area contributed by atoms with E-state index < -0.39 is 0 Å². The van der Waals surface area contributed by atoms with Gasteiger partial charge in [-0.3, -0.25) is 0 Å². The molecule has 0 bridgehead atoms. The largest absolute Gasteiger partial charge is 0.371 e. The summed E-state index contributed by atoms with van der Waals surface area (Å²) in [7, 11) is 0. The van der Waals surface area contributed by atoms with E-state index in [0.717, 1.165) is 23.5 Å². The molecule has 0 spiro atoms. The summed E-state index contributed by atoms with van der Waals surface area (Å²) in [6.45, 7) is 5.65. The third-order valence-electron chi connectivity index (χ3n) is 4.97. The van der Waals surface area contributed by atoms with Gasteiger partial charge < -0.3 is 10.2 Å². The molecule has 0 aromatic heterocycles.